The quantitative estimate of drug-likeness (QED) is 0.390. The number of hydrogen-bond donors (Lipinski definition) is 3. The van der Waals surface area contributed by atoms with E-state index in [0.29, 0.717) is 64.6 Å². The predicted molar refractivity (Wildman–Crippen MR) is 185 cm³/mol. The highest BCUT2D eigenvalue weighted by molar-refractivity contribution is 7.91. The van der Waals surface area contributed by atoms with Gasteiger partial charge in [-0.1, -0.05) is 56.4 Å². The summed E-state index contributed by atoms with van der Waals surface area (Å²) in [4.78, 5) is 71.7. The van der Waals surface area contributed by atoms with Gasteiger partial charge in [0, 0.05) is 25.9 Å². The van der Waals surface area contributed by atoms with E-state index in [4.69, 9.17) is 14.2 Å². The lowest BCUT2D eigenvalue weighted by Gasteiger charge is -2.30. The van der Waals surface area contributed by atoms with Crippen LogP contribution in [0.5, 0.6) is 0 Å². The molecule has 6 atom stereocenters. The molecule has 1 aromatic rings. The largest absolute Gasteiger partial charge is 0.444 e. The maximum atomic E-state index is 14.4. The molecule has 15 nitrogen and oxygen atoms in total. The first kappa shape index (κ1) is 36.4. The minimum absolute atomic E-state index is 0.0347. The van der Waals surface area contributed by atoms with Gasteiger partial charge in [-0.15, -0.1) is 0 Å². The van der Waals surface area contributed by atoms with Crippen LogP contribution in [-0.4, -0.2) is 110 Å². The topological polar surface area (TPSA) is 190 Å². The van der Waals surface area contributed by atoms with Crippen LogP contribution in [0.1, 0.15) is 88.2 Å². The number of nitrogens with one attached hydrogen (secondary N) is 3. The van der Waals surface area contributed by atoms with E-state index < -0.39 is 75.0 Å². The molecule has 4 heterocycles. The Morgan fingerprint density at radius 3 is 2.42 bits per heavy atom. The lowest BCUT2D eigenvalue weighted by Crippen LogP contribution is -2.58. The molecule has 5 fully saturated rings. The average molecular weight is 744 g/mol. The van der Waals surface area contributed by atoms with Crippen molar-refractivity contribution >= 4 is 39.9 Å². The highest BCUT2D eigenvalue weighted by Crippen LogP contribution is 2.48. The number of carbonyl (C=O) groups is 5. The smallest absolute Gasteiger partial charge is 0.410 e. The maximum absolute atomic E-state index is 14.4. The second-order valence-electron chi connectivity index (χ2n) is 15.2. The molecule has 4 aliphatic heterocycles. The second kappa shape index (κ2) is 15.2. The molecule has 0 bridgehead atoms. The molecular weight excluding hydrogens is 694 g/mol. The van der Waals surface area contributed by atoms with Gasteiger partial charge in [-0.05, 0) is 55.6 Å². The number of fused-ring (bicyclic) bond motifs is 3. The average Bonchev–Trinajstić information content (AvgIpc) is 4.00. The summed E-state index contributed by atoms with van der Waals surface area (Å²) in [6.07, 6.45) is 4.73. The van der Waals surface area contributed by atoms with Crippen LogP contribution in [0.15, 0.2) is 24.3 Å². The molecule has 52 heavy (non-hydrogen) atoms. The predicted octanol–water partition coefficient (Wildman–Crippen LogP) is 2.26. The zero-order valence-corrected chi connectivity index (χ0v) is 30.2. The Morgan fingerprint density at radius 1 is 0.923 bits per heavy atom. The molecule has 1 aromatic carbocycles. The number of rotatable bonds is 6. The fourth-order valence-electron chi connectivity index (χ4n) is 8.06. The van der Waals surface area contributed by atoms with Crippen LogP contribution >= 0.6 is 0 Å². The lowest BCUT2D eigenvalue weighted by atomic mass is 10.0. The standard InChI is InChI=1S/C36H49N5O10S/c42-31-30-18-27(51-35(46)40-16-14-23-8-6-7-9-24(23)20-40)21-41(30)32(43)29(37-34(45)50-26-15-17-49-22-26)11-5-3-1-2-4-10-25-19-36(25,38-31)33(44)39-52(47,48)28-12-13-28/h6-9,25-30H,1-5,10-22H2,(H,37,45)(H,38,42)(H,39,44)/t25-,26+,27-,29+,30+,36-/m1/s1. The van der Waals surface area contributed by atoms with Crippen molar-refractivity contribution in [3.63, 3.8) is 0 Å². The zero-order valence-electron chi connectivity index (χ0n) is 29.4. The normalized spacial score (nSPS) is 31.1. The zero-order chi connectivity index (χ0) is 36.5. The summed E-state index contributed by atoms with van der Waals surface area (Å²) in [6, 6.07) is 5.72. The number of hydrogen-bond acceptors (Lipinski definition) is 10. The van der Waals surface area contributed by atoms with Crippen LogP contribution in [0.4, 0.5) is 9.59 Å². The number of nitrogens with zero attached hydrogens (tertiary/aromatic N) is 2. The Hall–Kier alpha value is -3.92. The second-order valence-corrected chi connectivity index (χ2v) is 17.1. The van der Waals surface area contributed by atoms with E-state index in [-0.39, 0.29) is 31.9 Å². The van der Waals surface area contributed by atoms with Gasteiger partial charge in [0.15, 0.2) is 0 Å². The molecule has 2 aliphatic carbocycles. The summed E-state index contributed by atoms with van der Waals surface area (Å²) >= 11 is 0. The monoisotopic (exact) mass is 743 g/mol. The van der Waals surface area contributed by atoms with Crippen molar-refractivity contribution in [3.8, 4) is 0 Å². The van der Waals surface area contributed by atoms with Gasteiger partial charge in [0.2, 0.25) is 21.8 Å². The van der Waals surface area contributed by atoms with Gasteiger partial charge < -0.3 is 34.6 Å². The summed E-state index contributed by atoms with van der Waals surface area (Å²) in [6.45, 7) is 1.47. The number of amides is 5. The van der Waals surface area contributed by atoms with E-state index in [1.807, 2.05) is 24.3 Å². The first-order chi connectivity index (χ1) is 25.0. The van der Waals surface area contributed by atoms with Crippen LogP contribution < -0.4 is 15.4 Å². The van der Waals surface area contributed by atoms with Crippen LogP contribution in [0.2, 0.25) is 0 Å². The summed E-state index contributed by atoms with van der Waals surface area (Å²) in [5.74, 6) is -2.19. The molecule has 0 radical (unpaired) electrons. The molecule has 284 valence electrons. The van der Waals surface area contributed by atoms with Crippen molar-refractivity contribution in [2.24, 2.45) is 5.92 Å². The van der Waals surface area contributed by atoms with Crippen molar-refractivity contribution in [2.75, 3.05) is 26.3 Å². The molecule has 2 saturated carbocycles. The molecule has 0 unspecified atom stereocenters. The number of benzene rings is 1. The van der Waals surface area contributed by atoms with E-state index in [0.717, 1.165) is 31.2 Å². The Kier molecular flexibility index (Phi) is 10.7. The van der Waals surface area contributed by atoms with Crippen LogP contribution in [0, 0.1) is 5.92 Å². The summed E-state index contributed by atoms with van der Waals surface area (Å²) < 4.78 is 44.6. The minimum Gasteiger partial charge on any atom is -0.444 e. The summed E-state index contributed by atoms with van der Waals surface area (Å²) in [7, 11) is -3.87. The number of ether oxygens (including phenoxy) is 3. The molecule has 7 rings (SSSR count). The first-order valence-electron chi connectivity index (χ1n) is 18.8. The maximum Gasteiger partial charge on any atom is 0.410 e. The molecule has 5 amide bonds. The molecule has 6 aliphatic rings. The van der Waals surface area contributed by atoms with Gasteiger partial charge in [-0.2, -0.15) is 0 Å². The molecule has 3 saturated heterocycles. The third kappa shape index (κ3) is 8.17. The minimum atomic E-state index is -3.87. The number of alkyl carbamates (subject to hydrolysis) is 1. The SMILES string of the molecule is O=C(N[C@H]1CCCCCCC[C@@H]2C[C@@]2(C(=O)NS(=O)(=O)C2CC2)NC(=O)[C@@H]2C[C@@H](OC(=O)N3CCc4ccccc4C3)CN2C1=O)O[C@H]1CCOC1. The summed E-state index contributed by atoms with van der Waals surface area (Å²) in [5.41, 5.74) is 0.754. The van der Waals surface area contributed by atoms with E-state index in [9.17, 15) is 32.4 Å². The van der Waals surface area contributed by atoms with Crippen LogP contribution in [0.3, 0.4) is 0 Å². The van der Waals surface area contributed by atoms with Crippen molar-refractivity contribution < 1.29 is 46.6 Å². The third-order valence-electron chi connectivity index (χ3n) is 11.4. The van der Waals surface area contributed by atoms with Crippen LogP contribution in [-0.2, 0) is 51.6 Å². The summed E-state index contributed by atoms with van der Waals surface area (Å²) in [5, 5.41) is 4.99. The van der Waals surface area contributed by atoms with E-state index in [2.05, 4.69) is 15.4 Å². The molecular formula is C36H49N5O10S. The van der Waals surface area contributed by atoms with E-state index in [1.165, 1.54) is 10.5 Å². The van der Waals surface area contributed by atoms with E-state index >= 15 is 0 Å². The Labute approximate surface area is 303 Å². The molecule has 0 aromatic heterocycles. The Bertz CT molecular complexity index is 1660. The Morgan fingerprint density at radius 2 is 1.67 bits per heavy atom. The van der Waals surface area contributed by atoms with Gasteiger partial charge in [0.1, 0.15) is 29.8 Å². The molecule has 16 heteroatoms. The Balaban J connectivity index is 1.11. The van der Waals surface area contributed by atoms with Gasteiger partial charge in [-0.3, -0.25) is 19.1 Å². The van der Waals surface area contributed by atoms with Crippen molar-refractivity contribution in [3.05, 3.63) is 35.4 Å². The number of carbonyl (C=O) groups excluding carboxylic acids is 5. The fourth-order valence-corrected chi connectivity index (χ4v) is 9.42. The number of sulfonamides is 1. The van der Waals surface area contributed by atoms with Gasteiger partial charge in [0.25, 0.3) is 5.91 Å². The van der Waals surface area contributed by atoms with Crippen molar-refractivity contribution in [1.29, 1.82) is 0 Å². The first-order valence-corrected chi connectivity index (χ1v) is 20.3. The molecule has 0 spiro atoms. The fraction of sp³-hybridized carbons (Fsp3) is 0.694. The van der Waals surface area contributed by atoms with Gasteiger partial charge >= 0.3 is 12.2 Å². The lowest BCUT2D eigenvalue weighted by molar-refractivity contribution is -0.141. The molecule has 3 N–H and O–H groups in total. The van der Waals surface area contributed by atoms with Crippen molar-refractivity contribution in [2.45, 2.75) is 125 Å². The highest BCUT2D eigenvalue weighted by Gasteiger charge is 2.62. The van der Waals surface area contributed by atoms with Crippen LogP contribution in [0.25, 0.3) is 0 Å². The van der Waals surface area contributed by atoms with Gasteiger partial charge in [-0.25, -0.2) is 18.0 Å². The van der Waals surface area contributed by atoms with E-state index in [1.54, 1.807) is 4.90 Å². The van der Waals surface area contributed by atoms with Crippen molar-refractivity contribution in [1.82, 2.24) is 25.2 Å². The third-order valence-corrected chi connectivity index (χ3v) is 13.2. The van der Waals surface area contributed by atoms with Gasteiger partial charge in [0.05, 0.1) is 25.0 Å². The highest BCUT2D eigenvalue weighted by atomic mass is 32.2.